The Balaban J connectivity index is 2.40. The van der Waals surface area contributed by atoms with E-state index < -0.39 is 11.6 Å². The molecule has 1 aromatic carbocycles. The van der Waals surface area contributed by atoms with Crippen LogP contribution in [0.25, 0.3) is 0 Å². The van der Waals surface area contributed by atoms with Crippen LogP contribution in [0.4, 0.5) is 0 Å². The van der Waals surface area contributed by atoms with Crippen molar-refractivity contribution in [3.05, 3.63) is 34.9 Å². The topological polar surface area (TPSA) is 57.5 Å². The highest BCUT2D eigenvalue weighted by atomic mass is 16.4. The lowest BCUT2D eigenvalue weighted by Gasteiger charge is -2.22. The van der Waals surface area contributed by atoms with Crippen LogP contribution in [-0.4, -0.2) is 16.2 Å². The molecule has 16 heavy (non-hydrogen) atoms. The molecule has 1 atom stereocenters. The number of carboxylic acids is 1. The molecule has 1 aliphatic carbocycles. The van der Waals surface area contributed by atoms with Crippen molar-refractivity contribution in [2.75, 3.05) is 0 Å². The maximum atomic E-state index is 10.9. The van der Waals surface area contributed by atoms with Gasteiger partial charge in [0.2, 0.25) is 0 Å². The van der Waals surface area contributed by atoms with Crippen molar-refractivity contribution >= 4 is 5.97 Å². The van der Waals surface area contributed by atoms with Crippen molar-refractivity contribution in [3.63, 3.8) is 0 Å². The molecule has 0 spiro atoms. The van der Waals surface area contributed by atoms with Crippen LogP contribution in [0.5, 0.6) is 0 Å². The Hall–Kier alpha value is -1.35. The SMILES string of the molecule is CC(O)(C(=O)O)c1ccc2c(c1)CCCC2. The molecule has 0 radical (unpaired) electrons. The summed E-state index contributed by atoms with van der Waals surface area (Å²) in [6, 6.07) is 5.50. The van der Waals surface area contributed by atoms with E-state index in [0.717, 1.165) is 19.3 Å². The molecule has 0 aromatic heterocycles. The van der Waals surface area contributed by atoms with Gasteiger partial charge in [0, 0.05) is 0 Å². The summed E-state index contributed by atoms with van der Waals surface area (Å²) >= 11 is 0. The Kier molecular flexibility index (Phi) is 2.72. The molecule has 3 heteroatoms. The van der Waals surface area contributed by atoms with E-state index in [0.29, 0.717) is 5.56 Å². The van der Waals surface area contributed by atoms with Crippen LogP contribution in [-0.2, 0) is 23.2 Å². The second kappa shape index (κ2) is 3.91. The molecule has 2 N–H and O–H groups in total. The monoisotopic (exact) mass is 220 g/mol. The lowest BCUT2D eigenvalue weighted by atomic mass is 9.86. The van der Waals surface area contributed by atoms with Crippen LogP contribution in [0, 0.1) is 0 Å². The number of benzene rings is 1. The molecule has 86 valence electrons. The number of carboxylic acid groups (broad SMARTS) is 1. The third-order valence-electron chi connectivity index (χ3n) is 3.33. The van der Waals surface area contributed by atoms with Gasteiger partial charge in [0.15, 0.2) is 5.60 Å². The van der Waals surface area contributed by atoms with Gasteiger partial charge in [-0.05, 0) is 49.3 Å². The van der Waals surface area contributed by atoms with Crippen LogP contribution in [0.15, 0.2) is 18.2 Å². The Morgan fingerprint density at radius 3 is 2.50 bits per heavy atom. The minimum atomic E-state index is -1.79. The van der Waals surface area contributed by atoms with Crippen LogP contribution in [0.2, 0.25) is 0 Å². The van der Waals surface area contributed by atoms with Gasteiger partial charge in [0.05, 0.1) is 0 Å². The van der Waals surface area contributed by atoms with Crippen LogP contribution >= 0.6 is 0 Å². The Labute approximate surface area is 94.7 Å². The van der Waals surface area contributed by atoms with E-state index in [-0.39, 0.29) is 0 Å². The van der Waals surface area contributed by atoms with Crippen molar-refractivity contribution in [2.45, 2.75) is 38.2 Å². The van der Waals surface area contributed by atoms with Gasteiger partial charge in [-0.1, -0.05) is 18.2 Å². The zero-order chi connectivity index (χ0) is 11.8. The summed E-state index contributed by atoms with van der Waals surface area (Å²) in [7, 11) is 0. The Morgan fingerprint density at radius 2 is 1.88 bits per heavy atom. The number of aliphatic carboxylic acids is 1. The van der Waals surface area contributed by atoms with Gasteiger partial charge in [-0.2, -0.15) is 0 Å². The second-order valence-corrected chi connectivity index (χ2v) is 4.57. The van der Waals surface area contributed by atoms with E-state index in [4.69, 9.17) is 5.11 Å². The van der Waals surface area contributed by atoms with E-state index >= 15 is 0 Å². The molecule has 0 amide bonds. The van der Waals surface area contributed by atoms with Crippen LogP contribution in [0.3, 0.4) is 0 Å². The van der Waals surface area contributed by atoms with Crippen LogP contribution < -0.4 is 0 Å². The molecule has 0 aliphatic heterocycles. The lowest BCUT2D eigenvalue weighted by Crippen LogP contribution is -2.32. The first-order valence-electron chi connectivity index (χ1n) is 5.60. The number of aryl methyl sites for hydroxylation is 2. The van der Waals surface area contributed by atoms with Gasteiger partial charge in [-0.25, -0.2) is 4.79 Å². The molecule has 0 bridgehead atoms. The number of aliphatic hydroxyl groups is 1. The normalized spacial score (nSPS) is 18.6. The summed E-state index contributed by atoms with van der Waals surface area (Å²) < 4.78 is 0. The summed E-state index contributed by atoms with van der Waals surface area (Å²) in [5.41, 5.74) is 1.16. The molecule has 3 nitrogen and oxygen atoms in total. The predicted octanol–water partition coefficient (Wildman–Crippen LogP) is 1.86. The van der Waals surface area contributed by atoms with Crippen molar-refractivity contribution < 1.29 is 15.0 Å². The second-order valence-electron chi connectivity index (χ2n) is 4.57. The van der Waals surface area contributed by atoms with Gasteiger partial charge in [-0.3, -0.25) is 0 Å². The first-order valence-corrected chi connectivity index (χ1v) is 5.60. The Morgan fingerprint density at radius 1 is 1.25 bits per heavy atom. The van der Waals surface area contributed by atoms with Gasteiger partial charge in [0.25, 0.3) is 0 Å². The molecule has 0 fully saturated rings. The highest BCUT2D eigenvalue weighted by Crippen LogP contribution is 2.27. The van der Waals surface area contributed by atoms with Crippen molar-refractivity contribution in [1.29, 1.82) is 0 Å². The van der Waals surface area contributed by atoms with E-state index in [1.54, 1.807) is 6.07 Å². The highest BCUT2D eigenvalue weighted by molar-refractivity contribution is 5.78. The maximum Gasteiger partial charge on any atom is 0.340 e. The Bertz CT molecular complexity index is 421. The smallest absolute Gasteiger partial charge is 0.340 e. The summed E-state index contributed by atoms with van der Waals surface area (Å²) in [6.45, 7) is 1.32. The predicted molar refractivity (Wildman–Crippen MR) is 60.3 cm³/mol. The summed E-state index contributed by atoms with van der Waals surface area (Å²) in [5.74, 6) is -1.21. The number of hydrogen-bond acceptors (Lipinski definition) is 2. The highest BCUT2D eigenvalue weighted by Gasteiger charge is 2.32. The summed E-state index contributed by atoms with van der Waals surface area (Å²) in [6.07, 6.45) is 4.39. The number of hydrogen-bond donors (Lipinski definition) is 2. The first-order chi connectivity index (χ1) is 7.51. The molecule has 1 aliphatic rings. The number of rotatable bonds is 2. The number of carbonyl (C=O) groups is 1. The maximum absolute atomic E-state index is 10.9. The molecule has 0 saturated heterocycles. The van der Waals surface area contributed by atoms with E-state index in [1.807, 2.05) is 12.1 Å². The van der Waals surface area contributed by atoms with Gasteiger partial charge < -0.3 is 10.2 Å². The quantitative estimate of drug-likeness (QED) is 0.799. The van der Waals surface area contributed by atoms with Crippen molar-refractivity contribution in [1.82, 2.24) is 0 Å². The number of fused-ring (bicyclic) bond motifs is 1. The lowest BCUT2D eigenvalue weighted by molar-refractivity contribution is -0.157. The average Bonchev–Trinajstić information content (AvgIpc) is 2.28. The minimum Gasteiger partial charge on any atom is -0.479 e. The molecular formula is C13H16O3. The first kappa shape index (κ1) is 11.1. The third-order valence-corrected chi connectivity index (χ3v) is 3.33. The molecule has 0 heterocycles. The fourth-order valence-electron chi connectivity index (χ4n) is 2.16. The molecule has 1 aromatic rings. The molecule has 0 saturated carbocycles. The minimum absolute atomic E-state index is 0.473. The standard InChI is InChI=1S/C13H16O3/c1-13(16,12(14)15)11-7-6-9-4-2-3-5-10(9)8-11/h6-8,16H,2-5H2,1H3,(H,14,15). The largest absolute Gasteiger partial charge is 0.479 e. The molecule has 2 rings (SSSR count). The van der Waals surface area contributed by atoms with E-state index in [2.05, 4.69) is 0 Å². The molecule has 1 unspecified atom stereocenters. The summed E-state index contributed by atoms with van der Waals surface area (Å²) in [4.78, 5) is 10.9. The van der Waals surface area contributed by atoms with Crippen molar-refractivity contribution in [2.24, 2.45) is 0 Å². The van der Waals surface area contributed by atoms with Gasteiger partial charge in [0.1, 0.15) is 0 Å². The zero-order valence-corrected chi connectivity index (χ0v) is 9.36. The fourth-order valence-corrected chi connectivity index (χ4v) is 2.16. The van der Waals surface area contributed by atoms with E-state index in [9.17, 15) is 9.90 Å². The van der Waals surface area contributed by atoms with Gasteiger partial charge >= 0.3 is 5.97 Å². The zero-order valence-electron chi connectivity index (χ0n) is 9.36. The fraction of sp³-hybridized carbons (Fsp3) is 0.462. The molecular weight excluding hydrogens is 204 g/mol. The van der Waals surface area contributed by atoms with Crippen LogP contribution in [0.1, 0.15) is 36.5 Å². The average molecular weight is 220 g/mol. The summed E-state index contributed by atoms with van der Waals surface area (Å²) in [5, 5.41) is 18.8. The van der Waals surface area contributed by atoms with E-state index in [1.165, 1.54) is 24.5 Å². The third kappa shape index (κ3) is 1.83. The van der Waals surface area contributed by atoms with Gasteiger partial charge in [-0.15, -0.1) is 0 Å². The van der Waals surface area contributed by atoms with Crippen molar-refractivity contribution in [3.8, 4) is 0 Å².